The second kappa shape index (κ2) is 14.2. The molecule has 0 aliphatic carbocycles. The Morgan fingerprint density at radius 1 is 0.974 bits per heavy atom. The van der Waals surface area contributed by atoms with Crippen LogP contribution >= 0.6 is 39.1 Å². The summed E-state index contributed by atoms with van der Waals surface area (Å²) in [6.45, 7) is 3.60. The smallest absolute Gasteiger partial charge is 0.264 e. The molecule has 0 aliphatic heterocycles. The first-order valence-electron chi connectivity index (χ1n) is 12.4. The first-order valence-corrected chi connectivity index (χ1v) is 15.4. The number of carbonyl (C=O) groups excluding carboxylic acids is 2. The van der Waals surface area contributed by atoms with Crippen molar-refractivity contribution in [3.63, 3.8) is 0 Å². The van der Waals surface area contributed by atoms with Gasteiger partial charge in [0.25, 0.3) is 10.0 Å². The summed E-state index contributed by atoms with van der Waals surface area (Å²) in [6, 6.07) is 18.7. The Labute approximate surface area is 248 Å². The van der Waals surface area contributed by atoms with Gasteiger partial charge < -0.3 is 10.2 Å². The number of unbranched alkanes of at least 4 members (excludes halogenated alkanes) is 1. The van der Waals surface area contributed by atoms with Crippen molar-refractivity contribution in [3.05, 3.63) is 92.9 Å². The lowest BCUT2D eigenvalue weighted by atomic mass is 10.1. The van der Waals surface area contributed by atoms with Gasteiger partial charge in [0.1, 0.15) is 12.6 Å². The van der Waals surface area contributed by atoms with Gasteiger partial charge in [0.05, 0.1) is 20.6 Å². The molecule has 0 bridgehead atoms. The van der Waals surface area contributed by atoms with Gasteiger partial charge in [-0.3, -0.25) is 13.9 Å². The van der Waals surface area contributed by atoms with Crippen molar-refractivity contribution in [3.8, 4) is 0 Å². The average molecular weight is 655 g/mol. The number of benzene rings is 3. The van der Waals surface area contributed by atoms with E-state index >= 15 is 0 Å². The summed E-state index contributed by atoms with van der Waals surface area (Å²) in [7, 11) is -4.12. The maximum atomic E-state index is 13.9. The molecule has 1 N–H and O–H groups in total. The van der Waals surface area contributed by atoms with Crippen LogP contribution in [0.1, 0.15) is 32.3 Å². The minimum atomic E-state index is -4.12. The Kier molecular flexibility index (Phi) is 11.2. The Morgan fingerprint density at radius 2 is 1.69 bits per heavy atom. The van der Waals surface area contributed by atoms with E-state index in [9.17, 15) is 18.0 Å². The highest BCUT2D eigenvalue weighted by Crippen LogP contribution is 2.28. The molecular weight excluding hydrogens is 625 g/mol. The molecule has 208 valence electrons. The largest absolute Gasteiger partial charge is 0.354 e. The molecule has 0 saturated heterocycles. The summed E-state index contributed by atoms with van der Waals surface area (Å²) in [5, 5.41) is 3.52. The van der Waals surface area contributed by atoms with E-state index in [-0.39, 0.29) is 17.3 Å². The zero-order valence-electron chi connectivity index (χ0n) is 21.6. The number of nitrogens with one attached hydrogen (secondary N) is 1. The Morgan fingerprint density at radius 3 is 2.33 bits per heavy atom. The summed E-state index contributed by atoms with van der Waals surface area (Å²) in [6.07, 6.45) is 1.70. The highest BCUT2D eigenvalue weighted by Gasteiger charge is 2.32. The Balaban J connectivity index is 2.00. The minimum absolute atomic E-state index is 0.0236. The quantitative estimate of drug-likeness (QED) is 0.233. The van der Waals surface area contributed by atoms with Crippen molar-refractivity contribution < 1.29 is 18.0 Å². The zero-order chi connectivity index (χ0) is 28.6. The highest BCUT2D eigenvalue weighted by molar-refractivity contribution is 9.10. The minimum Gasteiger partial charge on any atom is -0.354 e. The van der Waals surface area contributed by atoms with Gasteiger partial charge in [-0.2, -0.15) is 0 Å². The number of halogens is 3. The van der Waals surface area contributed by atoms with Crippen LogP contribution in [0.5, 0.6) is 0 Å². The third-order valence-electron chi connectivity index (χ3n) is 6.04. The number of rotatable bonds is 12. The lowest BCUT2D eigenvalue weighted by Gasteiger charge is -2.32. The summed E-state index contributed by atoms with van der Waals surface area (Å²) in [4.78, 5) is 28.3. The number of hydrogen-bond acceptors (Lipinski definition) is 4. The van der Waals surface area contributed by atoms with Gasteiger partial charge in [-0.25, -0.2) is 8.42 Å². The van der Waals surface area contributed by atoms with Gasteiger partial charge in [-0.15, -0.1) is 0 Å². The van der Waals surface area contributed by atoms with E-state index in [0.717, 1.165) is 17.1 Å². The van der Waals surface area contributed by atoms with Crippen LogP contribution in [0.3, 0.4) is 0 Å². The lowest BCUT2D eigenvalue weighted by molar-refractivity contribution is -0.139. The Bertz CT molecular complexity index is 1410. The SMILES string of the molecule is CCCCNC(=O)C(C)N(Cc1ccc(Cl)c(Cl)c1)C(=O)CN(c1cccc(Br)c1)S(=O)(=O)c1ccccc1. The topological polar surface area (TPSA) is 86.8 Å². The van der Waals surface area contributed by atoms with Crippen molar-refractivity contribution in [1.82, 2.24) is 10.2 Å². The zero-order valence-corrected chi connectivity index (χ0v) is 25.5. The van der Waals surface area contributed by atoms with Crippen LogP contribution in [-0.4, -0.2) is 44.3 Å². The average Bonchev–Trinajstić information content (AvgIpc) is 2.92. The van der Waals surface area contributed by atoms with Gasteiger partial charge in [0.15, 0.2) is 0 Å². The van der Waals surface area contributed by atoms with Gasteiger partial charge in [0.2, 0.25) is 11.8 Å². The first-order chi connectivity index (χ1) is 18.5. The molecule has 3 aromatic carbocycles. The molecule has 0 heterocycles. The number of sulfonamides is 1. The molecule has 2 amide bonds. The fourth-order valence-corrected chi connectivity index (χ4v) is 5.97. The van der Waals surface area contributed by atoms with Crippen LogP contribution in [0.2, 0.25) is 10.0 Å². The second-order valence-electron chi connectivity index (χ2n) is 8.90. The monoisotopic (exact) mass is 653 g/mol. The lowest BCUT2D eigenvalue weighted by Crippen LogP contribution is -2.51. The molecule has 0 aliphatic rings. The van der Waals surface area contributed by atoms with E-state index in [1.165, 1.54) is 17.0 Å². The fourth-order valence-electron chi connectivity index (χ4n) is 3.83. The van der Waals surface area contributed by atoms with Crippen LogP contribution in [0.4, 0.5) is 5.69 Å². The van der Waals surface area contributed by atoms with E-state index in [4.69, 9.17) is 23.2 Å². The molecule has 0 spiro atoms. The van der Waals surface area contributed by atoms with Crippen molar-refractivity contribution in [2.75, 3.05) is 17.4 Å². The van der Waals surface area contributed by atoms with Crippen LogP contribution < -0.4 is 9.62 Å². The van der Waals surface area contributed by atoms with Crippen LogP contribution in [-0.2, 0) is 26.2 Å². The normalized spacial score (nSPS) is 12.0. The van der Waals surface area contributed by atoms with Gasteiger partial charge in [-0.1, -0.05) is 82.8 Å². The van der Waals surface area contributed by atoms with Crippen molar-refractivity contribution in [1.29, 1.82) is 0 Å². The van der Waals surface area contributed by atoms with E-state index < -0.39 is 28.5 Å². The summed E-state index contributed by atoms with van der Waals surface area (Å²) < 4.78 is 29.2. The van der Waals surface area contributed by atoms with Crippen molar-refractivity contribution >= 4 is 66.7 Å². The molecule has 0 saturated carbocycles. The maximum absolute atomic E-state index is 13.9. The highest BCUT2D eigenvalue weighted by atomic mass is 79.9. The number of amides is 2. The molecule has 7 nitrogen and oxygen atoms in total. The molecule has 0 aromatic heterocycles. The van der Waals surface area contributed by atoms with Crippen molar-refractivity contribution in [2.24, 2.45) is 0 Å². The molecule has 3 rings (SSSR count). The number of hydrogen-bond donors (Lipinski definition) is 1. The van der Waals surface area contributed by atoms with Gasteiger partial charge >= 0.3 is 0 Å². The third-order valence-corrected chi connectivity index (χ3v) is 9.06. The van der Waals surface area contributed by atoms with E-state index in [1.54, 1.807) is 67.6 Å². The standard InChI is InChI=1S/C28H30BrCl2N3O4S/c1-3-4-15-32-28(36)20(2)33(18-21-13-14-25(30)26(31)16-21)27(35)19-34(23-10-8-9-22(29)17-23)39(37,38)24-11-6-5-7-12-24/h5-14,16-17,20H,3-4,15,18-19H2,1-2H3,(H,32,36). The number of carbonyl (C=O) groups is 2. The Hall–Kier alpha value is -2.59. The molecule has 3 aromatic rings. The molecule has 39 heavy (non-hydrogen) atoms. The number of nitrogens with zero attached hydrogens (tertiary/aromatic N) is 2. The van der Waals surface area contributed by atoms with Gasteiger partial charge in [0, 0.05) is 17.6 Å². The van der Waals surface area contributed by atoms with E-state index in [1.807, 2.05) is 6.92 Å². The first kappa shape index (κ1) is 30.9. The van der Waals surface area contributed by atoms with E-state index in [2.05, 4.69) is 21.2 Å². The number of anilines is 1. The fraction of sp³-hybridized carbons (Fsp3) is 0.286. The van der Waals surface area contributed by atoms with E-state index in [0.29, 0.717) is 32.3 Å². The van der Waals surface area contributed by atoms with Crippen LogP contribution in [0.15, 0.2) is 82.2 Å². The van der Waals surface area contributed by atoms with Crippen LogP contribution in [0, 0.1) is 0 Å². The summed E-state index contributed by atoms with van der Waals surface area (Å²) in [5.41, 5.74) is 0.946. The molecule has 1 atom stereocenters. The second-order valence-corrected chi connectivity index (χ2v) is 12.5. The molecule has 0 radical (unpaired) electrons. The molecule has 1 unspecified atom stereocenters. The predicted octanol–water partition coefficient (Wildman–Crippen LogP) is 6.28. The third kappa shape index (κ3) is 8.20. The summed E-state index contributed by atoms with van der Waals surface area (Å²) in [5.74, 6) is -0.893. The van der Waals surface area contributed by atoms with Crippen LogP contribution in [0.25, 0.3) is 0 Å². The molecule has 0 fully saturated rings. The predicted molar refractivity (Wildman–Crippen MR) is 160 cm³/mol. The molecular formula is C28H30BrCl2N3O4S. The molecule has 11 heteroatoms. The summed E-state index contributed by atoms with van der Waals surface area (Å²) >= 11 is 15.7. The maximum Gasteiger partial charge on any atom is 0.264 e. The van der Waals surface area contributed by atoms with Crippen molar-refractivity contribution in [2.45, 2.75) is 44.2 Å². The van der Waals surface area contributed by atoms with Gasteiger partial charge in [-0.05, 0) is 61.4 Å².